The van der Waals surface area contributed by atoms with E-state index in [4.69, 9.17) is 11.6 Å². The fraction of sp³-hybridized carbons (Fsp3) is 0.571. The van der Waals surface area contributed by atoms with Crippen molar-refractivity contribution in [3.8, 4) is 0 Å². The Bertz CT molecular complexity index is 449. The first-order valence-corrected chi connectivity index (χ1v) is 7.43. The molecule has 1 aliphatic heterocycles. The maximum absolute atomic E-state index is 12.1. The molecule has 1 unspecified atom stereocenters. The van der Waals surface area contributed by atoms with Gasteiger partial charge >= 0.3 is 0 Å². The van der Waals surface area contributed by atoms with Gasteiger partial charge in [0.05, 0.1) is 12.2 Å². The van der Waals surface area contributed by atoms with E-state index in [2.05, 4.69) is 27.4 Å². The summed E-state index contributed by atoms with van der Waals surface area (Å²) < 4.78 is 0. The molecule has 20 heavy (non-hydrogen) atoms. The molecule has 110 valence electrons. The van der Waals surface area contributed by atoms with Crippen LogP contribution in [0.5, 0.6) is 0 Å². The number of nitrogens with one attached hydrogen (secondary N) is 2. The summed E-state index contributed by atoms with van der Waals surface area (Å²) in [6.07, 6.45) is 3.74. The predicted molar refractivity (Wildman–Crippen MR) is 81.0 cm³/mol. The van der Waals surface area contributed by atoms with Crippen LogP contribution in [0.2, 0.25) is 5.15 Å². The molecule has 2 N–H and O–H groups in total. The lowest BCUT2D eigenvalue weighted by molar-refractivity contribution is -0.117. The summed E-state index contributed by atoms with van der Waals surface area (Å²) in [5.74, 6) is -0.0414. The van der Waals surface area contributed by atoms with E-state index in [0.29, 0.717) is 23.4 Å². The van der Waals surface area contributed by atoms with Gasteiger partial charge in [0, 0.05) is 18.8 Å². The smallest absolute Gasteiger partial charge is 0.238 e. The summed E-state index contributed by atoms with van der Waals surface area (Å²) >= 11 is 5.94. The Kier molecular flexibility index (Phi) is 5.76. The minimum Gasteiger partial charge on any atom is -0.322 e. The van der Waals surface area contributed by atoms with E-state index < -0.39 is 0 Å². The Morgan fingerprint density at radius 3 is 3.15 bits per heavy atom. The number of halogens is 1. The Hall–Kier alpha value is -1.17. The summed E-state index contributed by atoms with van der Waals surface area (Å²) in [5, 5.41) is 6.49. The van der Waals surface area contributed by atoms with Crippen LogP contribution in [0, 0.1) is 0 Å². The highest BCUT2D eigenvalue weighted by Gasteiger charge is 2.23. The summed E-state index contributed by atoms with van der Waals surface area (Å²) in [4.78, 5) is 18.3. The molecule has 0 radical (unpaired) electrons. The summed E-state index contributed by atoms with van der Waals surface area (Å²) in [6.45, 7) is 5.44. The number of anilines is 1. The number of carbonyl (C=O) groups excluding carboxylic acids is 1. The van der Waals surface area contributed by atoms with Crippen LogP contribution in [-0.2, 0) is 4.79 Å². The molecule has 1 fully saturated rings. The van der Waals surface area contributed by atoms with Gasteiger partial charge in [0.15, 0.2) is 5.15 Å². The molecule has 1 aromatic rings. The lowest BCUT2D eigenvalue weighted by Crippen LogP contribution is -2.42. The van der Waals surface area contributed by atoms with Gasteiger partial charge in [-0.1, -0.05) is 18.5 Å². The fourth-order valence-corrected chi connectivity index (χ4v) is 2.65. The highest BCUT2D eigenvalue weighted by molar-refractivity contribution is 6.32. The van der Waals surface area contributed by atoms with Crippen molar-refractivity contribution in [1.29, 1.82) is 0 Å². The summed E-state index contributed by atoms with van der Waals surface area (Å²) in [7, 11) is 0. The number of carbonyl (C=O) groups is 1. The SMILES string of the molecule is CCCN(CC(=O)Nc1cccnc1Cl)C1CCNC1. The van der Waals surface area contributed by atoms with E-state index in [1.807, 2.05) is 0 Å². The maximum Gasteiger partial charge on any atom is 0.238 e. The van der Waals surface area contributed by atoms with Crippen LogP contribution in [0.3, 0.4) is 0 Å². The molecule has 1 aromatic heterocycles. The van der Waals surface area contributed by atoms with Crippen LogP contribution in [0.15, 0.2) is 18.3 Å². The molecule has 0 spiro atoms. The van der Waals surface area contributed by atoms with Crippen molar-refractivity contribution in [2.45, 2.75) is 25.8 Å². The van der Waals surface area contributed by atoms with Crippen molar-refractivity contribution in [2.75, 3.05) is 31.5 Å². The number of nitrogens with zero attached hydrogens (tertiary/aromatic N) is 2. The number of aromatic nitrogens is 1. The Morgan fingerprint density at radius 2 is 2.50 bits per heavy atom. The van der Waals surface area contributed by atoms with Gasteiger partial charge in [0.25, 0.3) is 0 Å². The second-order valence-corrected chi connectivity index (χ2v) is 5.37. The summed E-state index contributed by atoms with van der Waals surface area (Å²) in [6, 6.07) is 3.96. The van der Waals surface area contributed by atoms with Crippen molar-refractivity contribution in [2.24, 2.45) is 0 Å². The van der Waals surface area contributed by atoms with Gasteiger partial charge in [0.2, 0.25) is 5.91 Å². The minimum absolute atomic E-state index is 0.0414. The van der Waals surface area contributed by atoms with E-state index in [0.717, 1.165) is 32.5 Å². The fourth-order valence-electron chi connectivity index (χ4n) is 2.48. The third kappa shape index (κ3) is 4.16. The predicted octanol–water partition coefficient (Wildman–Crippen LogP) is 1.75. The molecule has 5 nitrogen and oxygen atoms in total. The Morgan fingerprint density at radius 1 is 1.65 bits per heavy atom. The van der Waals surface area contributed by atoms with E-state index >= 15 is 0 Å². The quantitative estimate of drug-likeness (QED) is 0.785. The van der Waals surface area contributed by atoms with Crippen molar-refractivity contribution >= 4 is 23.2 Å². The number of hydrogen-bond donors (Lipinski definition) is 2. The van der Waals surface area contributed by atoms with Gasteiger partial charge in [-0.2, -0.15) is 0 Å². The van der Waals surface area contributed by atoms with E-state index in [-0.39, 0.29) is 5.91 Å². The third-order valence-electron chi connectivity index (χ3n) is 3.44. The standard InChI is InChI=1S/C14H21ClN4O/c1-2-8-19(11-5-7-16-9-11)10-13(20)18-12-4-3-6-17-14(12)15/h3-4,6,11,16H,2,5,7-10H2,1H3,(H,18,20). The molecular weight excluding hydrogens is 276 g/mol. The molecule has 1 aliphatic rings. The minimum atomic E-state index is -0.0414. The zero-order valence-electron chi connectivity index (χ0n) is 11.7. The Labute approximate surface area is 124 Å². The highest BCUT2D eigenvalue weighted by Crippen LogP contribution is 2.17. The molecule has 6 heteroatoms. The van der Waals surface area contributed by atoms with E-state index in [9.17, 15) is 4.79 Å². The molecule has 1 amide bonds. The number of pyridine rings is 1. The molecular formula is C14H21ClN4O. The molecule has 0 aromatic carbocycles. The molecule has 0 saturated carbocycles. The lowest BCUT2D eigenvalue weighted by atomic mass is 10.2. The maximum atomic E-state index is 12.1. The molecule has 2 rings (SSSR count). The van der Waals surface area contributed by atoms with Gasteiger partial charge < -0.3 is 10.6 Å². The van der Waals surface area contributed by atoms with Gasteiger partial charge in [-0.15, -0.1) is 0 Å². The second kappa shape index (κ2) is 7.57. The van der Waals surface area contributed by atoms with Gasteiger partial charge in [-0.25, -0.2) is 4.98 Å². The van der Waals surface area contributed by atoms with Crippen LogP contribution in [0.1, 0.15) is 19.8 Å². The highest BCUT2D eigenvalue weighted by atomic mass is 35.5. The summed E-state index contributed by atoms with van der Waals surface area (Å²) in [5.41, 5.74) is 0.570. The average Bonchev–Trinajstić information content (AvgIpc) is 2.95. The number of hydrogen-bond acceptors (Lipinski definition) is 4. The van der Waals surface area contributed by atoms with Crippen LogP contribution in [0.4, 0.5) is 5.69 Å². The van der Waals surface area contributed by atoms with Crippen molar-refractivity contribution in [1.82, 2.24) is 15.2 Å². The normalized spacial score (nSPS) is 18.4. The van der Waals surface area contributed by atoms with Crippen LogP contribution < -0.4 is 10.6 Å². The van der Waals surface area contributed by atoms with Crippen LogP contribution in [-0.4, -0.2) is 48.0 Å². The molecule has 1 atom stereocenters. The van der Waals surface area contributed by atoms with E-state index in [1.54, 1.807) is 18.3 Å². The van der Waals surface area contributed by atoms with E-state index in [1.165, 1.54) is 0 Å². The first-order chi connectivity index (χ1) is 9.70. The molecule has 2 heterocycles. The van der Waals surface area contributed by atoms with Crippen molar-refractivity contribution in [3.63, 3.8) is 0 Å². The van der Waals surface area contributed by atoms with Gasteiger partial charge in [-0.05, 0) is 38.1 Å². The average molecular weight is 297 g/mol. The monoisotopic (exact) mass is 296 g/mol. The third-order valence-corrected chi connectivity index (χ3v) is 3.74. The zero-order valence-corrected chi connectivity index (χ0v) is 12.5. The topological polar surface area (TPSA) is 57.3 Å². The van der Waals surface area contributed by atoms with Gasteiger partial charge in [-0.3, -0.25) is 9.69 Å². The van der Waals surface area contributed by atoms with Gasteiger partial charge in [0.1, 0.15) is 0 Å². The van der Waals surface area contributed by atoms with Crippen molar-refractivity contribution in [3.05, 3.63) is 23.5 Å². The Balaban J connectivity index is 1.92. The number of rotatable bonds is 6. The lowest BCUT2D eigenvalue weighted by Gasteiger charge is -2.27. The molecule has 1 saturated heterocycles. The largest absolute Gasteiger partial charge is 0.322 e. The second-order valence-electron chi connectivity index (χ2n) is 5.01. The first-order valence-electron chi connectivity index (χ1n) is 7.06. The van der Waals surface area contributed by atoms with Crippen molar-refractivity contribution < 1.29 is 4.79 Å². The van der Waals surface area contributed by atoms with Crippen LogP contribution in [0.25, 0.3) is 0 Å². The van der Waals surface area contributed by atoms with Crippen LogP contribution >= 0.6 is 11.6 Å². The molecule has 0 bridgehead atoms. The first kappa shape index (κ1) is 15.2. The zero-order chi connectivity index (χ0) is 14.4. The number of amides is 1. The molecule has 0 aliphatic carbocycles.